The highest BCUT2D eigenvalue weighted by atomic mass is 16.4. The van der Waals surface area contributed by atoms with Crippen LogP contribution < -0.4 is 11.1 Å². The second kappa shape index (κ2) is 7.78. The summed E-state index contributed by atoms with van der Waals surface area (Å²) in [7, 11) is 0. The first-order valence-corrected chi connectivity index (χ1v) is 8.08. The molecule has 1 aliphatic carbocycles. The van der Waals surface area contributed by atoms with Gasteiger partial charge in [0.05, 0.1) is 0 Å². The molecule has 0 aromatic heterocycles. The first-order chi connectivity index (χ1) is 9.77. The number of carbonyl (C=O) groups excluding carboxylic acids is 1. The lowest BCUT2D eigenvalue weighted by molar-refractivity contribution is -0.150. The van der Waals surface area contributed by atoms with Gasteiger partial charge in [0.15, 0.2) is 0 Å². The number of rotatable bonds is 7. The molecule has 1 amide bonds. The summed E-state index contributed by atoms with van der Waals surface area (Å²) in [5.41, 5.74) is 4.64. The van der Waals surface area contributed by atoms with Crippen molar-refractivity contribution in [1.29, 1.82) is 0 Å². The minimum absolute atomic E-state index is 0.142. The van der Waals surface area contributed by atoms with Crippen LogP contribution in [0.25, 0.3) is 0 Å². The molecular weight excluding hydrogens is 268 g/mol. The number of aliphatic carboxylic acids is 1. The average molecular weight is 298 g/mol. The molecule has 0 aliphatic heterocycles. The second-order valence-corrected chi connectivity index (χ2v) is 6.89. The van der Waals surface area contributed by atoms with E-state index in [4.69, 9.17) is 5.73 Å². The quantitative estimate of drug-likeness (QED) is 0.672. The number of carbonyl (C=O) groups is 2. The maximum atomic E-state index is 12.3. The third-order valence-corrected chi connectivity index (χ3v) is 4.51. The molecule has 0 saturated heterocycles. The molecule has 4 N–H and O–H groups in total. The molecule has 5 nitrogen and oxygen atoms in total. The lowest BCUT2D eigenvalue weighted by atomic mass is 9.76. The lowest BCUT2D eigenvalue weighted by Gasteiger charge is -2.37. The summed E-state index contributed by atoms with van der Waals surface area (Å²) >= 11 is 0. The highest BCUT2D eigenvalue weighted by molar-refractivity contribution is 5.88. The maximum absolute atomic E-state index is 12.3. The predicted octanol–water partition coefficient (Wildman–Crippen LogP) is 2.29. The van der Waals surface area contributed by atoms with Crippen LogP contribution in [0.15, 0.2) is 0 Å². The Labute approximate surface area is 127 Å². The third-order valence-electron chi connectivity index (χ3n) is 4.51. The summed E-state index contributed by atoms with van der Waals surface area (Å²) in [5.74, 6) is -0.873. The average Bonchev–Trinajstić information content (AvgIpc) is 2.37. The Hall–Kier alpha value is -1.10. The van der Waals surface area contributed by atoms with Crippen molar-refractivity contribution < 1.29 is 14.7 Å². The van der Waals surface area contributed by atoms with Crippen LogP contribution in [0, 0.1) is 11.8 Å². The maximum Gasteiger partial charge on any atom is 0.329 e. The fourth-order valence-electron chi connectivity index (χ4n) is 3.15. The van der Waals surface area contributed by atoms with Gasteiger partial charge in [0, 0.05) is 12.0 Å². The SMILES string of the molecule is CC(N)CCCC(C)C(=O)NC1(C(=O)O)CCCC(C)C1. The largest absolute Gasteiger partial charge is 0.480 e. The van der Waals surface area contributed by atoms with Crippen molar-refractivity contribution in [2.45, 2.75) is 77.3 Å². The van der Waals surface area contributed by atoms with Gasteiger partial charge in [0.2, 0.25) is 5.91 Å². The fourth-order valence-corrected chi connectivity index (χ4v) is 3.15. The highest BCUT2D eigenvalue weighted by Gasteiger charge is 2.43. The molecule has 1 aliphatic rings. The number of nitrogens with one attached hydrogen (secondary N) is 1. The molecule has 0 aromatic carbocycles. The van der Waals surface area contributed by atoms with Crippen LogP contribution in [0.5, 0.6) is 0 Å². The van der Waals surface area contributed by atoms with E-state index in [0.29, 0.717) is 18.8 Å². The Balaban J connectivity index is 2.58. The van der Waals surface area contributed by atoms with E-state index < -0.39 is 11.5 Å². The standard InChI is InChI=1S/C16H30N2O3/c1-11-6-5-9-16(10-11,15(20)21)18-14(19)12(2)7-4-8-13(3)17/h11-13H,4-10,17H2,1-3H3,(H,18,19)(H,20,21). The first kappa shape index (κ1) is 18.0. The Morgan fingerprint density at radius 2 is 2.05 bits per heavy atom. The minimum Gasteiger partial charge on any atom is -0.480 e. The van der Waals surface area contributed by atoms with E-state index in [-0.39, 0.29) is 17.9 Å². The normalized spacial score (nSPS) is 28.7. The molecule has 0 spiro atoms. The van der Waals surface area contributed by atoms with Gasteiger partial charge in [-0.15, -0.1) is 0 Å². The van der Waals surface area contributed by atoms with Gasteiger partial charge in [0.25, 0.3) is 0 Å². The van der Waals surface area contributed by atoms with Crippen LogP contribution in [0.3, 0.4) is 0 Å². The summed E-state index contributed by atoms with van der Waals surface area (Å²) in [6.07, 6.45) is 5.48. The lowest BCUT2D eigenvalue weighted by Crippen LogP contribution is -2.57. The Morgan fingerprint density at radius 1 is 1.38 bits per heavy atom. The summed E-state index contributed by atoms with van der Waals surface area (Å²) in [6.45, 7) is 5.86. The van der Waals surface area contributed by atoms with Crippen molar-refractivity contribution in [2.75, 3.05) is 0 Å². The molecule has 21 heavy (non-hydrogen) atoms. The van der Waals surface area contributed by atoms with E-state index in [9.17, 15) is 14.7 Å². The smallest absolute Gasteiger partial charge is 0.329 e. The molecule has 1 rings (SSSR count). The van der Waals surface area contributed by atoms with Gasteiger partial charge in [-0.05, 0) is 38.5 Å². The zero-order valence-electron chi connectivity index (χ0n) is 13.5. The minimum atomic E-state index is -1.07. The van der Waals surface area contributed by atoms with Crippen LogP contribution in [-0.4, -0.2) is 28.6 Å². The molecule has 0 heterocycles. The molecule has 4 atom stereocenters. The van der Waals surface area contributed by atoms with Crippen molar-refractivity contribution in [3.8, 4) is 0 Å². The number of amides is 1. The van der Waals surface area contributed by atoms with Gasteiger partial charge in [-0.25, -0.2) is 4.79 Å². The van der Waals surface area contributed by atoms with Crippen LogP contribution in [0.1, 0.15) is 65.7 Å². The van der Waals surface area contributed by atoms with E-state index in [0.717, 1.165) is 32.1 Å². The van der Waals surface area contributed by atoms with Gasteiger partial charge in [-0.2, -0.15) is 0 Å². The molecule has 0 radical (unpaired) electrons. The van der Waals surface area contributed by atoms with Gasteiger partial charge in [-0.1, -0.05) is 33.1 Å². The zero-order valence-corrected chi connectivity index (χ0v) is 13.5. The van der Waals surface area contributed by atoms with Crippen LogP contribution >= 0.6 is 0 Å². The van der Waals surface area contributed by atoms with E-state index in [1.807, 2.05) is 13.8 Å². The second-order valence-electron chi connectivity index (χ2n) is 6.89. The number of carboxylic acid groups (broad SMARTS) is 1. The molecule has 1 saturated carbocycles. The zero-order chi connectivity index (χ0) is 16.0. The number of hydrogen-bond donors (Lipinski definition) is 3. The Morgan fingerprint density at radius 3 is 2.57 bits per heavy atom. The van der Waals surface area contributed by atoms with Crippen LogP contribution in [-0.2, 0) is 9.59 Å². The molecular formula is C16H30N2O3. The van der Waals surface area contributed by atoms with Gasteiger partial charge in [-0.3, -0.25) is 4.79 Å². The molecule has 4 unspecified atom stereocenters. The monoisotopic (exact) mass is 298 g/mol. The van der Waals surface area contributed by atoms with E-state index in [1.54, 1.807) is 0 Å². The molecule has 0 aromatic rings. The number of carboxylic acids is 1. The highest BCUT2D eigenvalue weighted by Crippen LogP contribution is 2.33. The third kappa shape index (κ3) is 5.30. The van der Waals surface area contributed by atoms with Crippen LogP contribution in [0.4, 0.5) is 0 Å². The molecule has 0 bridgehead atoms. The molecule has 5 heteroatoms. The fraction of sp³-hybridized carbons (Fsp3) is 0.875. The van der Waals surface area contributed by atoms with E-state index >= 15 is 0 Å². The van der Waals surface area contributed by atoms with Gasteiger partial charge >= 0.3 is 5.97 Å². The Bertz CT molecular complexity index is 371. The summed E-state index contributed by atoms with van der Waals surface area (Å²) in [6, 6.07) is 0.143. The van der Waals surface area contributed by atoms with Gasteiger partial charge < -0.3 is 16.2 Å². The summed E-state index contributed by atoms with van der Waals surface area (Å²) in [5, 5.41) is 12.4. The number of nitrogens with two attached hydrogens (primary N) is 1. The van der Waals surface area contributed by atoms with Crippen molar-refractivity contribution in [3.63, 3.8) is 0 Å². The van der Waals surface area contributed by atoms with Crippen LogP contribution in [0.2, 0.25) is 0 Å². The van der Waals surface area contributed by atoms with Crippen molar-refractivity contribution in [3.05, 3.63) is 0 Å². The Kier molecular flexibility index (Phi) is 6.65. The molecule has 1 fully saturated rings. The molecule has 122 valence electrons. The van der Waals surface area contributed by atoms with Crippen molar-refractivity contribution in [1.82, 2.24) is 5.32 Å². The first-order valence-electron chi connectivity index (χ1n) is 8.08. The van der Waals surface area contributed by atoms with Gasteiger partial charge in [0.1, 0.15) is 5.54 Å². The summed E-state index contributed by atoms with van der Waals surface area (Å²) < 4.78 is 0. The van der Waals surface area contributed by atoms with E-state index in [2.05, 4.69) is 12.2 Å². The number of hydrogen-bond acceptors (Lipinski definition) is 3. The predicted molar refractivity (Wildman–Crippen MR) is 82.8 cm³/mol. The summed E-state index contributed by atoms with van der Waals surface area (Å²) in [4.78, 5) is 23.9. The van der Waals surface area contributed by atoms with Crippen molar-refractivity contribution >= 4 is 11.9 Å². The van der Waals surface area contributed by atoms with Crippen molar-refractivity contribution in [2.24, 2.45) is 17.6 Å². The topological polar surface area (TPSA) is 92.4 Å². The van der Waals surface area contributed by atoms with E-state index in [1.165, 1.54) is 0 Å².